The van der Waals surface area contributed by atoms with Crippen molar-refractivity contribution in [3.05, 3.63) is 24.0 Å². The van der Waals surface area contributed by atoms with Crippen molar-refractivity contribution in [3.8, 4) is 5.75 Å². The molecule has 2 amide bonds. The first kappa shape index (κ1) is 12.9. The molecule has 0 bridgehead atoms. The van der Waals surface area contributed by atoms with Crippen molar-refractivity contribution in [2.24, 2.45) is 5.41 Å². The molecule has 3 rings (SSSR count). The first-order chi connectivity index (χ1) is 9.58. The Morgan fingerprint density at radius 3 is 2.70 bits per heavy atom. The molecule has 1 aromatic heterocycles. The Morgan fingerprint density at radius 1 is 1.35 bits per heavy atom. The first-order valence-electron chi connectivity index (χ1n) is 6.78. The largest absolute Gasteiger partial charge is 0.506 e. The average molecular weight is 275 g/mol. The standard InChI is InChI=1S/C14H17N3O3/c18-11-5-10(7-15-8-11)13(20)17-3-1-14(2-4-17)6-12(19)16-9-14/h5,7-8,18H,1-4,6,9H2,(H,16,19). The Hall–Kier alpha value is -2.11. The number of carbonyl (C=O) groups excluding carboxylic acids is 2. The number of nitrogens with zero attached hydrogens (tertiary/aromatic N) is 2. The molecule has 0 saturated carbocycles. The summed E-state index contributed by atoms with van der Waals surface area (Å²) in [6, 6.07) is 1.43. The predicted octanol–water partition coefficient (Wildman–Crippen LogP) is 0.529. The molecule has 0 aliphatic carbocycles. The molecule has 3 heterocycles. The lowest BCUT2D eigenvalue weighted by atomic mass is 9.77. The third-order valence-electron chi connectivity index (χ3n) is 4.28. The maximum Gasteiger partial charge on any atom is 0.255 e. The molecule has 1 spiro atoms. The van der Waals surface area contributed by atoms with Crippen LogP contribution in [0.15, 0.2) is 18.5 Å². The van der Waals surface area contributed by atoms with E-state index < -0.39 is 0 Å². The summed E-state index contributed by atoms with van der Waals surface area (Å²) in [6.45, 7) is 2.01. The van der Waals surface area contributed by atoms with Gasteiger partial charge in [0.15, 0.2) is 0 Å². The summed E-state index contributed by atoms with van der Waals surface area (Å²) in [5.41, 5.74) is 0.437. The number of aromatic hydroxyl groups is 1. The van der Waals surface area contributed by atoms with E-state index in [1.54, 1.807) is 4.90 Å². The summed E-state index contributed by atoms with van der Waals surface area (Å²) >= 11 is 0. The van der Waals surface area contributed by atoms with Gasteiger partial charge in [0.2, 0.25) is 5.91 Å². The van der Waals surface area contributed by atoms with Gasteiger partial charge in [-0.3, -0.25) is 14.6 Å². The van der Waals surface area contributed by atoms with Crippen molar-refractivity contribution in [2.45, 2.75) is 19.3 Å². The van der Waals surface area contributed by atoms with Gasteiger partial charge in [-0.2, -0.15) is 0 Å². The second-order valence-electron chi connectivity index (χ2n) is 5.68. The van der Waals surface area contributed by atoms with Crippen LogP contribution in [-0.2, 0) is 4.79 Å². The minimum atomic E-state index is -0.111. The highest BCUT2D eigenvalue weighted by Crippen LogP contribution is 2.37. The van der Waals surface area contributed by atoms with Gasteiger partial charge in [0, 0.05) is 32.3 Å². The zero-order valence-corrected chi connectivity index (χ0v) is 11.1. The van der Waals surface area contributed by atoms with Gasteiger partial charge >= 0.3 is 0 Å². The summed E-state index contributed by atoms with van der Waals surface area (Å²) in [5.74, 6) is -0.00240. The van der Waals surface area contributed by atoms with Gasteiger partial charge in [-0.05, 0) is 24.3 Å². The summed E-state index contributed by atoms with van der Waals surface area (Å²) in [7, 11) is 0. The quantitative estimate of drug-likeness (QED) is 0.783. The maximum absolute atomic E-state index is 12.3. The van der Waals surface area contributed by atoms with E-state index in [0.717, 1.165) is 19.4 Å². The predicted molar refractivity (Wildman–Crippen MR) is 71.1 cm³/mol. The normalized spacial score (nSPS) is 21.0. The number of nitrogens with one attached hydrogen (secondary N) is 1. The van der Waals surface area contributed by atoms with E-state index in [2.05, 4.69) is 10.3 Å². The van der Waals surface area contributed by atoms with Crippen LogP contribution in [0, 0.1) is 5.41 Å². The van der Waals surface area contributed by atoms with Crippen molar-refractivity contribution in [2.75, 3.05) is 19.6 Å². The topological polar surface area (TPSA) is 82.5 Å². The molecule has 20 heavy (non-hydrogen) atoms. The molecule has 106 valence electrons. The van der Waals surface area contributed by atoms with Gasteiger partial charge in [0.1, 0.15) is 5.75 Å². The fourth-order valence-electron chi connectivity index (χ4n) is 3.02. The number of rotatable bonds is 1. The lowest BCUT2D eigenvalue weighted by Gasteiger charge is -2.38. The van der Waals surface area contributed by atoms with Gasteiger partial charge in [-0.15, -0.1) is 0 Å². The summed E-state index contributed by atoms with van der Waals surface area (Å²) < 4.78 is 0. The van der Waals surface area contributed by atoms with Crippen LogP contribution >= 0.6 is 0 Å². The van der Waals surface area contributed by atoms with Crippen LogP contribution < -0.4 is 5.32 Å². The Labute approximate surface area is 116 Å². The van der Waals surface area contributed by atoms with E-state index in [1.165, 1.54) is 18.5 Å². The molecule has 0 unspecified atom stereocenters. The van der Waals surface area contributed by atoms with E-state index in [9.17, 15) is 14.7 Å². The van der Waals surface area contributed by atoms with E-state index >= 15 is 0 Å². The van der Waals surface area contributed by atoms with E-state index in [1.807, 2.05) is 0 Å². The average Bonchev–Trinajstić information content (AvgIpc) is 2.80. The molecule has 2 aliphatic rings. The molecule has 6 heteroatoms. The minimum Gasteiger partial charge on any atom is -0.506 e. The SMILES string of the molecule is O=C1CC2(CCN(C(=O)c3cncc(O)c3)CC2)CN1. The van der Waals surface area contributed by atoms with Crippen molar-refractivity contribution < 1.29 is 14.7 Å². The Balaban J connectivity index is 1.66. The Morgan fingerprint density at radius 2 is 2.10 bits per heavy atom. The summed E-state index contributed by atoms with van der Waals surface area (Å²) in [4.78, 5) is 29.3. The monoisotopic (exact) mass is 275 g/mol. The van der Waals surface area contributed by atoms with Gasteiger partial charge < -0.3 is 15.3 Å². The molecule has 0 atom stereocenters. The van der Waals surface area contributed by atoms with Gasteiger partial charge in [0.25, 0.3) is 5.91 Å². The molecular weight excluding hydrogens is 258 g/mol. The number of hydrogen-bond donors (Lipinski definition) is 2. The fourth-order valence-corrected chi connectivity index (χ4v) is 3.02. The molecule has 2 saturated heterocycles. The second kappa shape index (κ2) is 4.77. The van der Waals surface area contributed by atoms with Crippen LogP contribution in [0.4, 0.5) is 0 Å². The molecule has 0 aromatic carbocycles. The Bertz CT molecular complexity index is 550. The van der Waals surface area contributed by atoms with Crippen LogP contribution in [0.5, 0.6) is 5.75 Å². The highest BCUT2D eigenvalue weighted by atomic mass is 16.3. The smallest absolute Gasteiger partial charge is 0.255 e. The summed E-state index contributed by atoms with van der Waals surface area (Å²) in [6.07, 6.45) is 5.01. The number of piperidine rings is 1. The van der Waals surface area contributed by atoms with Gasteiger partial charge in [-0.25, -0.2) is 0 Å². The van der Waals surface area contributed by atoms with Gasteiger partial charge in [0.05, 0.1) is 11.8 Å². The van der Waals surface area contributed by atoms with Crippen molar-refractivity contribution >= 4 is 11.8 Å². The number of carbonyl (C=O) groups is 2. The van der Waals surface area contributed by atoms with Crippen LogP contribution in [0.3, 0.4) is 0 Å². The zero-order valence-electron chi connectivity index (χ0n) is 11.1. The summed E-state index contributed by atoms with van der Waals surface area (Å²) in [5, 5.41) is 12.3. The van der Waals surface area contributed by atoms with E-state index in [0.29, 0.717) is 25.1 Å². The second-order valence-corrected chi connectivity index (χ2v) is 5.68. The lowest BCUT2D eigenvalue weighted by Crippen LogP contribution is -2.44. The Kier molecular flexibility index (Phi) is 3.08. The number of likely N-dealkylation sites (tertiary alicyclic amines) is 1. The van der Waals surface area contributed by atoms with E-state index in [-0.39, 0.29) is 23.0 Å². The fraction of sp³-hybridized carbons (Fsp3) is 0.500. The highest BCUT2D eigenvalue weighted by molar-refractivity contribution is 5.94. The number of pyridine rings is 1. The van der Waals surface area contributed by atoms with Crippen molar-refractivity contribution in [1.29, 1.82) is 0 Å². The third-order valence-corrected chi connectivity index (χ3v) is 4.28. The van der Waals surface area contributed by atoms with Crippen LogP contribution in [-0.4, -0.2) is 46.4 Å². The number of hydrogen-bond acceptors (Lipinski definition) is 4. The lowest BCUT2D eigenvalue weighted by molar-refractivity contribution is -0.119. The third kappa shape index (κ3) is 2.33. The zero-order chi connectivity index (χ0) is 14.2. The van der Waals surface area contributed by atoms with Crippen LogP contribution in [0.1, 0.15) is 29.6 Å². The molecule has 1 aromatic rings. The molecule has 0 radical (unpaired) electrons. The number of aromatic nitrogens is 1. The van der Waals surface area contributed by atoms with Crippen LogP contribution in [0.2, 0.25) is 0 Å². The minimum absolute atomic E-state index is 0.00470. The van der Waals surface area contributed by atoms with Crippen LogP contribution in [0.25, 0.3) is 0 Å². The highest BCUT2D eigenvalue weighted by Gasteiger charge is 2.41. The molecule has 6 nitrogen and oxygen atoms in total. The number of amides is 2. The van der Waals surface area contributed by atoms with Crippen molar-refractivity contribution in [3.63, 3.8) is 0 Å². The van der Waals surface area contributed by atoms with E-state index in [4.69, 9.17) is 0 Å². The van der Waals surface area contributed by atoms with Crippen molar-refractivity contribution in [1.82, 2.24) is 15.2 Å². The first-order valence-corrected chi connectivity index (χ1v) is 6.78. The molecule has 2 N–H and O–H groups in total. The van der Waals surface area contributed by atoms with Gasteiger partial charge in [-0.1, -0.05) is 0 Å². The molecular formula is C14H17N3O3. The molecule has 2 fully saturated rings. The maximum atomic E-state index is 12.3. The molecule has 2 aliphatic heterocycles.